The van der Waals surface area contributed by atoms with Gasteiger partial charge >= 0.3 is 12.3 Å². The van der Waals surface area contributed by atoms with E-state index in [1.807, 2.05) is 0 Å². The average molecular weight is 582 g/mol. The first kappa shape index (κ1) is 30.2. The van der Waals surface area contributed by atoms with Crippen LogP contribution in [-0.4, -0.2) is 79.6 Å². The Morgan fingerprint density at radius 3 is 2.41 bits per heavy atom. The average Bonchev–Trinajstić information content (AvgIpc) is 3.44. The predicted molar refractivity (Wildman–Crippen MR) is 139 cm³/mol. The van der Waals surface area contributed by atoms with Gasteiger partial charge in [0.1, 0.15) is 11.3 Å². The van der Waals surface area contributed by atoms with Crippen LogP contribution >= 0.6 is 0 Å². The molecule has 1 saturated heterocycles. The van der Waals surface area contributed by atoms with E-state index in [1.54, 1.807) is 40.7 Å². The molecule has 1 aliphatic heterocycles. The van der Waals surface area contributed by atoms with Crippen LogP contribution in [0.4, 0.5) is 22.4 Å². The summed E-state index contributed by atoms with van der Waals surface area (Å²) in [6, 6.07) is 2.58. The van der Waals surface area contributed by atoms with Gasteiger partial charge in [-0.25, -0.2) is 14.2 Å². The Labute approximate surface area is 233 Å². The lowest BCUT2D eigenvalue weighted by Crippen LogP contribution is -2.45. The first-order chi connectivity index (χ1) is 18.9. The van der Waals surface area contributed by atoms with Gasteiger partial charge in [-0.15, -0.1) is 0 Å². The van der Waals surface area contributed by atoms with Crippen molar-refractivity contribution in [3.05, 3.63) is 53.9 Å². The van der Waals surface area contributed by atoms with Crippen LogP contribution in [0.2, 0.25) is 0 Å². The van der Waals surface area contributed by atoms with Gasteiger partial charge in [0.2, 0.25) is 0 Å². The summed E-state index contributed by atoms with van der Waals surface area (Å²) >= 11 is 0. The summed E-state index contributed by atoms with van der Waals surface area (Å²) in [6.45, 7) is 8.41. The molecule has 2 amide bonds. The second-order valence-corrected chi connectivity index (χ2v) is 11.5. The molecule has 0 aliphatic carbocycles. The highest BCUT2D eigenvalue weighted by molar-refractivity contribution is 5.96. The number of rotatable bonds is 6. The standard InChI is InChI=1S/C27H31F4N5O5/c1-25(2,3)41-24(38)35-12-19(21(13-35)40-14-26(4,5)39)34-23(37)18-9-20-15(10-32-18)6-7-36(20)22-17(28)8-16(11-33-22)27(29,30)31/h6-11,19,21,39H,12-14H2,1-5H3,(H,34,37)/t19-,21-/m1/s1. The molecule has 222 valence electrons. The predicted octanol–water partition coefficient (Wildman–Crippen LogP) is 4.08. The fourth-order valence-electron chi connectivity index (χ4n) is 4.21. The number of fused-ring (bicyclic) bond motifs is 1. The fourth-order valence-corrected chi connectivity index (χ4v) is 4.21. The van der Waals surface area contributed by atoms with E-state index in [0.717, 1.165) is 0 Å². The van der Waals surface area contributed by atoms with Crippen molar-refractivity contribution in [2.45, 2.75) is 64.1 Å². The normalized spacial score (nSPS) is 18.1. The van der Waals surface area contributed by atoms with E-state index in [2.05, 4.69) is 15.3 Å². The molecule has 4 rings (SSSR count). The van der Waals surface area contributed by atoms with E-state index >= 15 is 0 Å². The van der Waals surface area contributed by atoms with Gasteiger partial charge in [-0.2, -0.15) is 13.2 Å². The lowest BCUT2D eigenvalue weighted by Gasteiger charge is -2.24. The molecule has 10 nitrogen and oxygen atoms in total. The molecule has 14 heteroatoms. The minimum absolute atomic E-state index is 0.0599. The van der Waals surface area contributed by atoms with Crippen LogP contribution in [-0.2, 0) is 15.7 Å². The molecule has 3 aromatic heterocycles. The number of aromatic nitrogens is 3. The van der Waals surface area contributed by atoms with Gasteiger partial charge in [0.05, 0.1) is 42.0 Å². The second-order valence-electron chi connectivity index (χ2n) is 11.5. The quantitative estimate of drug-likeness (QED) is 0.421. The maximum atomic E-state index is 14.7. The molecule has 0 bridgehead atoms. The Kier molecular flexibility index (Phi) is 8.02. The Balaban J connectivity index is 1.57. The number of hydrogen-bond acceptors (Lipinski definition) is 7. The van der Waals surface area contributed by atoms with Crippen LogP contribution < -0.4 is 5.32 Å². The monoisotopic (exact) mass is 581 g/mol. The van der Waals surface area contributed by atoms with Crippen LogP contribution in [0.5, 0.6) is 0 Å². The van der Waals surface area contributed by atoms with Gasteiger partial charge in [0.25, 0.3) is 5.91 Å². The van der Waals surface area contributed by atoms with E-state index in [0.29, 0.717) is 17.6 Å². The van der Waals surface area contributed by atoms with Crippen molar-refractivity contribution in [1.29, 1.82) is 0 Å². The van der Waals surface area contributed by atoms with Crippen LogP contribution in [0.1, 0.15) is 50.7 Å². The number of aliphatic hydroxyl groups is 1. The topological polar surface area (TPSA) is 119 Å². The zero-order valence-electron chi connectivity index (χ0n) is 23.1. The zero-order chi connectivity index (χ0) is 30.3. The molecule has 1 fully saturated rings. The van der Waals surface area contributed by atoms with Crippen LogP contribution in [0, 0.1) is 5.82 Å². The minimum atomic E-state index is -4.76. The summed E-state index contributed by atoms with van der Waals surface area (Å²) in [5.41, 5.74) is -2.91. The molecule has 0 aromatic carbocycles. The third kappa shape index (κ3) is 7.30. The highest BCUT2D eigenvalue weighted by Crippen LogP contribution is 2.31. The van der Waals surface area contributed by atoms with Crippen molar-refractivity contribution >= 4 is 22.9 Å². The van der Waals surface area contributed by atoms with E-state index in [4.69, 9.17) is 9.47 Å². The largest absolute Gasteiger partial charge is 0.444 e. The molecule has 4 heterocycles. The first-order valence-corrected chi connectivity index (χ1v) is 12.7. The van der Waals surface area contributed by atoms with Gasteiger partial charge in [-0.1, -0.05) is 0 Å². The third-order valence-corrected chi connectivity index (χ3v) is 6.07. The third-order valence-electron chi connectivity index (χ3n) is 6.07. The molecule has 0 spiro atoms. The fraction of sp³-hybridized carbons (Fsp3) is 0.481. The van der Waals surface area contributed by atoms with Crippen LogP contribution in [0.15, 0.2) is 36.8 Å². The maximum Gasteiger partial charge on any atom is 0.417 e. The molecule has 2 atom stereocenters. The summed E-state index contributed by atoms with van der Waals surface area (Å²) in [6.07, 6.45) is -2.71. The molecule has 0 saturated carbocycles. The highest BCUT2D eigenvalue weighted by Gasteiger charge is 2.40. The molecule has 0 unspecified atom stereocenters. The Morgan fingerprint density at radius 1 is 1.10 bits per heavy atom. The van der Waals surface area contributed by atoms with Gasteiger partial charge < -0.3 is 24.8 Å². The molecule has 0 radical (unpaired) electrons. The van der Waals surface area contributed by atoms with Gasteiger partial charge in [-0.05, 0) is 52.8 Å². The molecular formula is C27H31F4N5O5. The number of nitrogens with one attached hydrogen (secondary N) is 1. The van der Waals surface area contributed by atoms with E-state index in [9.17, 15) is 32.3 Å². The Bertz CT molecular complexity index is 1440. The van der Waals surface area contributed by atoms with Crippen molar-refractivity contribution in [3.8, 4) is 5.82 Å². The summed E-state index contributed by atoms with van der Waals surface area (Å²) in [5.74, 6) is -2.21. The molecule has 1 aliphatic rings. The smallest absolute Gasteiger partial charge is 0.417 e. The van der Waals surface area contributed by atoms with Gasteiger partial charge in [-0.3, -0.25) is 14.3 Å². The van der Waals surface area contributed by atoms with Crippen molar-refractivity contribution in [3.63, 3.8) is 0 Å². The number of carbonyl (C=O) groups excluding carboxylic acids is 2. The summed E-state index contributed by atoms with van der Waals surface area (Å²) < 4.78 is 66.0. The minimum Gasteiger partial charge on any atom is -0.444 e. The Morgan fingerprint density at radius 2 is 1.80 bits per heavy atom. The lowest BCUT2D eigenvalue weighted by molar-refractivity contribution is -0.138. The molecular weight excluding hydrogens is 550 g/mol. The van der Waals surface area contributed by atoms with E-state index < -0.39 is 52.9 Å². The van der Waals surface area contributed by atoms with E-state index in [1.165, 1.54) is 27.9 Å². The molecule has 2 N–H and O–H groups in total. The summed E-state index contributed by atoms with van der Waals surface area (Å²) in [7, 11) is 0. The zero-order valence-corrected chi connectivity index (χ0v) is 23.1. The summed E-state index contributed by atoms with van der Waals surface area (Å²) in [4.78, 5) is 35.1. The molecule has 3 aromatic rings. The van der Waals surface area contributed by atoms with Crippen molar-refractivity contribution < 1.29 is 41.7 Å². The lowest BCUT2D eigenvalue weighted by atomic mass is 10.1. The number of nitrogens with zero attached hydrogens (tertiary/aromatic N) is 4. The SMILES string of the molecule is CC(C)(O)CO[C@@H]1CN(C(=O)OC(C)(C)C)C[C@H]1NC(=O)c1cc2c(ccn2-c2ncc(C(F)(F)F)cc2F)cn1. The number of pyridine rings is 2. The number of carbonyl (C=O) groups is 2. The van der Waals surface area contributed by atoms with Crippen molar-refractivity contribution in [2.24, 2.45) is 0 Å². The number of ether oxygens (including phenoxy) is 2. The van der Waals surface area contributed by atoms with Gasteiger partial charge in [0, 0.05) is 30.5 Å². The first-order valence-electron chi connectivity index (χ1n) is 12.7. The maximum absolute atomic E-state index is 14.7. The number of likely N-dealkylation sites (tertiary alicyclic amines) is 1. The molecule has 41 heavy (non-hydrogen) atoms. The number of amides is 2. The van der Waals surface area contributed by atoms with Gasteiger partial charge in [0.15, 0.2) is 11.6 Å². The number of halogens is 4. The van der Waals surface area contributed by atoms with E-state index in [-0.39, 0.29) is 36.7 Å². The number of hydrogen-bond donors (Lipinski definition) is 2. The number of alkyl halides is 3. The Hall–Kier alpha value is -3.78. The van der Waals surface area contributed by atoms with Crippen molar-refractivity contribution in [2.75, 3.05) is 19.7 Å². The van der Waals surface area contributed by atoms with Crippen LogP contribution in [0.25, 0.3) is 16.7 Å². The second kappa shape index (κ2) is 10.9. The summed E-state index contributed by atoms with van der Waals surface area (Å²) in [5, 5.41) is 13.4. The highest BCUT2D eigenvalue weighted by atomic mass is 19.4. The van der Waals surface area contributed by atoms with Crippen molar-refractivity contribution in [1.82, 2.24) is 24.8 Å². The van der Waals surface area contributed by atoms with Crippen LogP contribution in [0.3, 0.4) is 0 Å².